The lowest BCUT2D eigenvalue weighted by molar-refractivity contribution is -0.132. The van der Waals surface area contributed by atoms with Crippen molar-refractivity contribution in [3.05, 3.63) is 35.6 Å². The van der Waals surface area contributed by atoms with Gasteiger partial charge in [0.2, 0.25) is 5.91 Å². The van der Waals surface area contributed by atoms with Gasteiger partial charge < -0.3 is 10.6 Å². The quantitative estimate of drug-likeness (QED) is 0.874. The maximum absolute atomic E-state index is 12.8. The highest BCUT2D eigenvalue weighted by Gasteiger charge is 2.18. The van der Waals surface area contributed by atoms with E-state index in [2.05, 4.69) is 0 Å². The SMILES string of the molecule is CC(CN)CC(=O)N(C)C(C)c1ccc(F)cc1. The number of benzene rings is 1. The number of nitrogens with zero attached hydrogens (tertiary/aromatic N) is 1. The van der Waals surface area contributed by atoms with Crippen molar-refractivity contribution in [3.8, 4) is 0 Å². The fourth-order valence-electron chi connectivity index (χ4n) is 1.71. The largest absolute Gasteiger partial charge is 0.339 e. The molecule has 0 bridgehead atoms. The van der Waals surface area contributed by atoms with Gasteiger partial charge in [0, 0.05) is 13.5 Å². The molecule has 0 aliphatic carbocycles. The van der Waals surface area contributed by atoms with Crippen molar-refractivity contribution in [1.82, 2.24) is 4.90 Å². The van der Waals surface area contributed by atoms with Crippen LogP contribution in [0.25, 0.3) is 0 Å². The number of hydrogen-bond acceptors (Lipinski definition) is 2. The summed E-state index contributed by atoms with van der Waals surface area (Å²) in [6.07, 6.45) is 0.443. The van der Waals surface area contributed by atoms with Crippen molar-refractivity contribution < 1.29 is 9.18 Å². The van der Waals surface area contributed by atoms with Crippen LogP contribution in [0.4, 0.5) is 4.39 Å². The third-order valence-corrected chi connectivity index (χ3v) is 3.25. The van der Waals surface area contributed by atoms with Gasteiger partial charge in [-0.2, -0.15) is 0 Å². The molecule has 2 N–H and O–H groups in total. The molecule has 1 amide bonds. The molecule has 0 saturated carbocycles. The summed E-state index contributed by atoms with van der Waals surface area (Å²) in [6, 6.07) is 6.16. The number of rotatable bonds is 5. The molecule has 0 aliphatic heterocycles. The van der Waals surface area contributed by atoms with Gasteiger partial charge >= 0.3 is 0 Å². The first-order valence-electron chi connectivity index (χ1n) is 6.17. The summed E-state index contributed by atoms with van der Waals surface area (Å²) >= 11 is 0. The second-order valence-corrected chi connectivity index (χ2v) is 4.78. The number of nitrogens with two attached hydrogens (primary N) is 1. The van der Waals surface area contributed by atoms with E-state index >= 15 is 0 Å². The molecule has 2 unspecified atom stereocenters. The lowest BCUT2D eigenvalue weighted by Gasteiger charge is -2.26. The van der Waals surface area contributed by atoms with Gasteiger partial charge in [0.15, 0.2) is 0 Å². The van der Waals surface area contributed by atoms with Crippen LogP contribution in [0, 0.1) is 11.7 Å². The zero-order chi connectivity index (χ0) is 13.7. The van der Waals surface area contributed by atoms with Crippen LogP contribution < -0.4 is 5.73 Å². The minimum atomic E-state index is -0.267. The average molecular weight is 252 g/mol. The molecule has 0 spiro atoms. The molecule has 1 aromatic carbocycles. The predicted octanol–water partition coefficient (Wildman–Crippen LogP) is 2.33. The highest BCUT2D eigenvalue weighted by Crippen LogP contribution is 2.20. The smallest absolute Gasteiger partial charge is 0.223 e. The Bertz CT molecular complexity index is 391. The molecule has 0 heterocycles. The zero-order valence-corrected chi connectivity index (χ0v) is 11.2. The summed E-state index contributed by atoms with van der Waals surface area (Å²) < 4.78 is 12.8. The van der Waals surface area contributed by atoms with Crippen molar-refractivity contribution >= 4 is 5.91 Å². The van der Waals surface area contributed by atoms with Crippen LogP contribution in [0.5, 0.6) is 0 Å². The van der Waals surface area contributed by atoms with Crippen LogP contribution >= 0.6 is 0 Å². The molecule has 1 aromatic rings. The van der Waals surface area contributed by atoms with Crippen LogP contribution in [0.1, 0.15) is 31.9 Å². The van der Waals surface area contributed by atoms with Crippen molar-refractivity contribution in [2.75, 3.05) is 13.6 Å². The number of carbonyl (C=O) groups is 1. The van der Waals surface area contributed by atoms with E-state index in [4.69, 9.17) is 5.73 Å². The fourth-order valence-corrected chi connectivity index (χ4v) is 1.71. The van der Waals surface area contributed by atoms with Gasteiger partial charge in [-0.3, -0.25) is 4.79 Å². The second kappa shape index (κ2) is 6.50. The van der Waals surface area contributed by atoms with Gasteiger partial charge in [-0.1, -0.05) is 19.1 Å². The Morgan fingerprint density at radius 1 is 1.33 bits per heavy atom. The van der Waals surface area contributed by atoms with Crippen LogP contribution in [0.15, 0.2) is 24.3 Å². The highest BCUT2D eigenvalue weighted by atomic mass is 19.1. The molecule has 0 aliphatic rings. The van der Waals surface area contributed by atoms with E-state index in [9.17, 15) is 9.18 Å². The van der Waals surface area contributed by atoms with E-state index in [1.54, 1.807) is 24.1 Å². The normalized spacial score (nSPS) is 14.1. The Hall–Kier alpha value is -1.42. The fraction of sp³-hybridized carbons (Fsp3) is 0.500. The van der Waals surface area contributed by atoms with Gasteiger partial charge in [-0.05, 0) is 37.1 Å². The van der Waals surface area contributed by atoms with Gasteiger partial charge in [0.1, 0.15) is 5.82 Å². The Balaban J connectivity index is 2.68. The molecular formula is C14H21FN2O. The Labute approximate surface area is 108 Å². The summed E-state index contributed by atoms with van der Waals surface area (Å²) in [7, 11) is 1.76. The number of carbonyl (C=O) groups excluding carboxylic acids is 1. The number of halogens is 1. The van der Waals surface area contributed by atoms with Crippen molar-refractivity contribution in [3.63, 3.8) is 0 Å². The highest BCUT2D eigenvalue weighted by molar-refractivity contribution is 5.76. The molecule has 3 nitrogen and oxygen atoms in total. The summed E-state index contributed by atoms with van der Waals surface area (Å²) in [6.45, 7) is 4.39. The minimum absolute atomic E-state index is 0.0600. The van der Waals surface area contributed by atoms with E-state index in [-0.39, 0.29) is 23.7 Å². The van der Waals surface area contributed by atoms with Gasteiger partial charge in [-0.15, -0.1) is 0 Å². The van der Waals surface area contributed by atoms with E-state index < -0.39 is 0 Å². The van der Waals surface area contributed by atoms with Gasteiger partial charge in [0.25, 0.3) is 0 Å². The Morgan fingerprint density at radius 3 is 2.39 bits per heavy atom. The molecule has 0 aromatic heterocycles. The summed E-state index contributed by atoms with van der Waals surface area (Å²) in [4.78, 5) is 13.7. The van der Waals surface area contributed by atoms with Crippen LogP contribution in [0.3, 0.4) is 0 Å². The first kappa shape index (κ1) is 14.6. The standard InChI is InChI=1S/C14H21FN2O/c1-10(9-16)8-14(18)17(3)11(2)12-4-6-13(15)7-5-12/h4-7,10-11H,8-9,16H2,1-3H3. The third kappa shape index (κ3) is 3.81. The monoisotopic (exact) mass is 252 g/mol. The first-order chi connectivity index (χ1) is 8.45. The average Bonchev–Trinajstić information content (AvgIpc) is 2.37. The lowest BCUT2D eigenvalue weighted by Crippen LogP contribution is -2.31. The molecule has 2 atom stereocenters. The van der Waals surface area contributed by atoms with Gasteiger partial charge in [-0.25, -0.2) is 4.39 Å². The van der Waals surface area contributed by atoms with Crippen LogP contribution in [0.2, 0.25) is 0 Å². The maximum Gasteiger partial charge on any atom is 0.223 e. The minimum Gasteiger partial charge on any atom is -0.339 e. The summed E-state index contributed by atoms with van der Waals surface area (Å²) in [5, 5.41) is 0. The topological polar surface area (TPSA) is 46.3 Å². The molecular weight excluding hydrogens is 231 g/mol. The summed E-state index contributed by atoms with van der Waals surface area (Å²) in [5.74, 6) is -0.0261. The van der Waals surface area contributed by atoms with E-state index in [0.29, 0.717) is 13.0 Å². The van der Waals surface area contributed by atoms with Crippen molar-refractivity contribution in [2.24, 2.45) is 11.7 Å². The Kier molecular flexibility index (Phi) is 5.28. The lowest BCUT2D eigenvalue weighted by atomic mass is 10.0. The molecule has 4 heteroatoms. The van der Waals surface area contributed by atoms with E-state index in [1.807, 2.05) is 13.8 Å². The molecule has 0 radical (unpaired) electrons. The second-order valence-electron chi connectivity index (χ2n) is 4.78. The van der Waals surface area contributed by atoms with E-state index in [1.165, 1.54) is 12.1 Å². The zero-order valence-electron chi connectivity index (χ0n) is 11.2. The Morgan fingerprint density at radius 2 is 1.89 bits per heavy atom. The van der Waals surface area contributed by atoms with E-state index in [0.717, 1.165) is 5.56 Å². The first-order valence-corrected chi connectivity index (χ1v) is 6.17. The molecule has 18 heavy (non-hydrogen) atoms. The number of hydrogen-bond donors (Lipinski definition) is 1. The van der Waals surface area contributed by atoms with Crippen molar-refractivity contribution in [2.45, 2.75) is 26.3 Å². The van der Waals surface area contributed by atoms with Crippen LogP contribution in [-0.4, -0.2) is 24.4 Å². The van der Waals surface area contributed by atoms with Crippen molar-refractivity contribution in [1.29, 1.82) is 0 Å². The maximum atomic E-state index is 12.8. The molecule has 0 saturated heterocycles. The summed E-state index contributed by atoms with van der Waals surface area (Å²) in [5.41, 5.74) is 6.44. The number of amides is 1. The molecule has 100 valence electrons. The van der Waals surface area contributed by atoms with Gasteiger partial charge in [0.05, 0.1) is 6.04 Å². The predicted molar refractivity (Wildman–Crippen MR) is 70.4 cm³/mol. The molecule has 1 rings (SSSR count). The van der Waals surface area contributed by atoms with Crippen LogP contribution in [-0.2, 0) is 4.79 Å². The third-order valence-electron chi connectivity index (χ3n) is 3.25. The molecule has 0 fully saturated rings.